The third-order valence-corrected chi connectivity index (χ3v) is 8.53. The van der Waals surface area contributed by atoms with Crippen LogP contribution in [0, 0.1) is 29.1 Å². The number of nitrogens with zero attached hydrogens (tertiary/aromatic N) is 2. The Hall–Kier alpha value is -2.89. The van der Waals surface area contributed by atoms with Gasteiger partial charge in [-0.25, -0.2) is 0 Å². The highest BCUT2D eigenvalue weighted by Gasteiger charge is 2.56. The van der Waals surface area contributed by atoms with Crippen LogP contribution >= 0.6 is 0 Å². The second-order valence-corrected chi connectivity index (χ2v) is 10.2. The van der Waals surface area contributed by atoms with Crippen molar-refractivity contribution in [2.75, 3.05) is 7.11 Å². The first-order valence-corrected chi connectivity index (χ1v) is 11.9. The van der Waals surface area contributed by atoms with Crippen molar-refractivity contribution in [2.24, 2.45) is 27.6 Å². The Morgan fingerprint density at radius 1 is 1.15 bits per heavy atom. The van der Waals surface area contributed by atoms with Crippen LogP contribution in [-0.4, -0.2) is 24.0 Å². The lowest BCUT2D eigenvalue weighted by molar-refractivity contribution is 0.0591. The molecule has 2 aromatic rings. The number of phenolic OH excluding ortho intramolecular Hbond substituents is 1. The summed E-state index contributed by atoms with van der Waals surface area (Å²) in [5, 5.41) is 18.6. The summed E-state index contributed by atoms with van der Waals surface area (Å²) in [5.41, 5.74) is 5.21. The zero-order chi connectivity index (χ0) is 23.2. The van der Waals surface area contributed by atoms with Gasteiger partial charge in [-0.05, 0) is 85.5 Å². The number of hydrogen-bond donors (Lipinski definition) is 1. The first kappa shape index (κ1) is 21.9. The van der Waals surface area contributed by atoms with Crippen LogP contribution in [0.4, 0.5) is 0 Å². The van der Waals surface area contributed by atoms with Gasteiger partial charge in [0.1, 0.15) is 6.61 Å². The number of aromatic hydroxyl groups is 1. The molecular weight excluding hydrogens is 416 g/mol. The third-order valence-electron chi connectivity index (χ3n) is 8.53. The van der Waals surface area contributed by atoms with Crippen molar-refractivity contribution in [1.29, 1.82) is 0 Å². The van der Waals surface area contributed by atoms with Crippen LogP contribution in [0.5, 0.6) is 11.5 Å². The molecule has 174 valence electrons. The monoisotopic (exact) mass is 448 g/mol. The summed E-state index contributed by atoms with van der Waals surface area (Å²) < 4.78 is 5.44. The summed E-state index contributed by atoms with van der Waals surface area (Å²) in [6.45, 7) is 4.71. The molecule has 0 aliphatic heterocycles. The largest absolute Gasteiger partial charge is 0.504 e. The van der Waals surface area contributed by atoms with Crippen molar-refractivity contribution in [3.63, 3.8) is 0 Å². The van der Waals surface area contributed by atoms with Crippen LogP contribution in [0.3, 0.4) is 0 Å². The number of methoxy groups -OCH3 is 1. The van der Waals surface area contributed by atoms with Gasteiger partial charge in [0.2, 0.25) is 0 Å². The predicted molar refractivity (Wildman–Crippen MR) is 128 cm³/mol. The maximum atomic E-state index is 11.6. The Morgan fingerprint density at radius 2 is 1.94 bits per heavy atom. The molecule has 0 heterocycles. The molecule has 2 aromatic carbocycles. The topological polar surface area (TPSA) is 80.5 Å². The average molecular weight is 449 g/mol. The minimum absolute atomic E-state index is 0.0463. The molecule has 5 rings (SSSR count). The number of hydrogen-bond acceptors (Lipinski definition) is 6. The molecule has 3 aliphatic carbocycles. The van der Waals surface area contributed by atoms with E-state index in [0.717, 1.165) is 48.9 Å². The van der Waals surface area contributed by atoms with Gasteiger partial charge in [0.25, 0.3) is 0 Å². The molecule has 2 fully saturated rings. The molecule has 0 spiro atoms. The number of phenols is 1. The first-order chi connectivity index (χ1) is 15.9. The van der Waals surface area contributed by atoms with Crippen molar-refractivity contribution in [1.82, 2.24) is 0 Å². The fraction of sp³-hybridized carbons (Fsp3) is 0.519. The smallest absolute Gasteiger partial charge is 0.160 e. The molecule has 6 heteroatoms. The van der Waals surface area contributed by atoms with Crippen LogP contribution in [-0.2, 0) is 11.4 Å². The van der Waals surface area contributed by atoms with E-state index in [0.29, 0.717) is 30.1 Å². The summed E-state index contributed by atoms with van der Waals surface area (Å²) in [7, 11) is 1.58. The molecule has 0 bridgehead atoms. The van der Waals surface area contributed by atoms with Crippen LogP contribution in [0.1, 0.15) is 67.2 Å². The third kappa shape index (κ3) is 3.69. The molecular formula is C27H32N2O4. The lowest BCUT2D eigenvalue weighted by Crippen LogP contribution is -2.44. The SMILES string of the molecule is COc1cc2c(cc1O)C(=NOCc1ccc(C)cc1)C[C@@H]1[C@@H]2CC[C@]2(C)C(N=O)CC[C@@H]12. The highest BCUT2D eigenvalue weighted by molar-refractivity contribution is 6.03. The second-order valence-electron chi connectivity index (χ2n) is 10.2. The molecule has 1 unspecified atom stereocenters. The number of nitroso groups, excluding NO2 is 1. The Balaban J connectivity index is 1.49. The molecule has 0 saturated heterocycles. The van der Waals surface area contributed by atoms with Crippen molar-refractivity contribution in [3.05, 3.63) is 63.6 Å². The van der Waals surface area contributed by atoms with E-state index < -0.39 is 0 Å². The molecule has 0 radical (unpaired) electrons. The Kier molecular flexibility index (Phi) is 5.63. The normalized spacial score (nSPS) is 31.4. The summed E-state index contributed by atoms with van der Waals surface area (Å²) in [6, 6.07) is 11.9. The summed E-state index contributed by atoms with van der Waals surface area (Å²) in [6.07, 6.45) is 4.67. The maximum Gasteiger partial charge on any atom is 0.160 e. The van der Waals surface area contributed by atoms with Gasteiger partial charge < -0.3 is 14.7 Å². The summed E-state index contributed by atoms with van der Waals surface area (Å²) in [5.74, 6) is 1.76. The van der Waals surface area contributed by atoms with Crippen LogP contribution in [0.2, 0.25) is 0 Å². The van der Waals surface area contributed by atoms with Crippen LogP contribution in [0.15, 0.2) is 46.7 Å². The van der Waals surface area contributed by atoms with E-state index in [1.807, 2.05) is 6.07 Å². The standard InChI is InChI=1S/C27H32N2O4/c1-16-4-6-17(7-5-16)15-33-29-23-12-20-18(19-14-25(32-3)24(30)13-21(19)23)10-11-27(2)22(20)8-9-26(27)28-31/h4-7,13-14,18,20,22,26,30H,8-12,15H2,1-3H3/t18-,20-,22+,26?,27+/m1/s1. The highest BCUT2D eigenvalue weighted by Crippen LogP contribution is 2.62. The Labute approximate surface area is 195 Å². The Bertz CT molecular complexity index is 1080. The van der Waals surface area contributed by atoms with E-state index in [-0.39, 0.29) is 17.2 Å². The van der Waals surface area contributed by atoms with Gasteiger partial charge in [-0.2, -0.15) is 4.91 Å². The van der Waals surface area contributed by atoms with Gasteiger partial charge in [0.05, 0.1) is 18.9 Å². The molecule has 0 aromatic heterocycles. The molecule has 6 nitrogen and oxygen atoms in total. The molecule has 33 heavy (non-hydrogen) atoms. The number of ether oxygens (including phenoxy) is 1. The average Bonchev–Trinajstić information content (AvgIpc) is 3.16. The van der Waals surface area contributed by atoms with Crippen molar-refractivity contribution < 1.29 is 14.7 Å². The molecule has 0 amide bonds. The fourth-order valence-corrected chi connectivity index (χ4v) is 6.70. The highest BCUT2D eigenvalue weighted by atomic mass is 16.6. The van der Waals surface area contributed by atoms with E-state index >= 15 is 0 Å². The van der Waals surface area contributed by atoms with Gasteiger partial charge in [-0.15, -0.1) is 0 Å². The zero-order valence-corrected chi connectivity index (χ0v) is 19.6. The Morgan fingerprint density at radius 3 is 2.67 bits per heavy atom. The minimum atomic E-state index is -0.0997. The lowest BCUT2D eigenvalue weighted by atomic mass is 9.55. The van der Waals surface area contributed by atoms with Crippen LogP contribution in [0.25, 0.3) is 0 Å². The van der Waals surface area contributed by atoms with Crippen molar-refractivity contribution in [2.45, 2.75) is 64.5 Å². The molecule has 1 N–H and O–H groups in total. The maximum absolute atomic E-state index is 11.6. The number of oxime groups is 1. The van der Waals surface area contributed by atoms with E-state index in [9.17, 15) is 10.0 Å². The minimum Gasteiger partial charge on any atom is -0.504 e. The van der Waals surface area contributed by atoms with Crippen molar-refractivity contribution >= 4 is 5.71 Å². The van der Waals surface area contributed by atoms with Gasteiger partial charge >= 0.3 is 0 Å². The quantitative estimate of drug-likeness (QED) is 0.444. The number of aryl methyl sites for hydroxylation is 1. The number of benzene rings is 2. The van der Waals surface area contributed by atoms with Crippen molar-refractivity contribution in [3.8, 4) is 11.5 Å². The number of fused-ring (bicyclic) bond motifs is 5. The van der Waals surface area contributed by atoms with Gasteiger partial charge in [-0.1, -0.05) is 47.1 Å². The van der Waals surface area contributed by atoms with Gasteiger partial charge in [0, 0.05) is 5.56 Å². The lowest BCUT2D eigenvalue weighted by Gasteiger charge is -2.49. The van der Waals surface area contributed by atoms with Gasteiger partial charge in [0.15, 0.2) is 11.5 Å². The fourth-order valence-electron chi connectivity index (χ4n) is 6.70. The number of rotatable bonds is 5. The molecule has 2 saturated carbocycles. The van der Waals surface area contributed by atoms with E-state index in [4.69, 9.17) is 9.57 Å². The van der Waals surface area contributed by atoms with Gasteiger partial charge in [-0.3, -0.25) is 0 Å². The van der Waals surface area contributed by atoms with E-state index in [1.165, 1.54) is 11.1 Å². The first-order valence-electron chi connectivity index (χ1n) is 11.9. The predicted octanol–water partition coefficient (Wildman–Crippen LogP) is 6.08. The van der Waals surface area contributed by atoms with Crippen LogP contribution < -0.4 is 4.74 Å². The molecule has 5 atom stereocenters. The summed E-state index contributed by atoms with van der Waals surface area (Å²) >= 11 is 0. The zero-order valence-electron chi connectivity index (χ0n) is 19.6. The molecule has 3 aliphatic rings. The van der Waals surface area contributed by atoms with E-state index in [2.05, 4.69) is 48.4 Å². The second kappa shape index (κ2) is 8.47. The van der Waals surface area contributed by atoms with E-state index in [1.54, 1.807) is 13.2 Å². The summed E-state index contributed by atoms with van der Waals surface area (Å²) in [4.78, 5) is 17.4.